The number of fused-ring (bicyclic) bond motifs is 1. The number of ether oxygens (including phenoxy) is 1. The molecular weight excluding hydrogens is 262 g/mol. The fourth-order valence-electron chi connectivity index (χ4n) is 2.66. The quantitative estimate of drug-likeness (QED) is 0.935. The first kappa shape index (κ1) is 12.6. The fourth-order valence-corrected chi connectivity index (χ4v) is 2.86. The minimum atomic E-state index is 0.351. The topological polar surface area (TPSA) is 47.0 Å². The smallest absolute Gasteiger partial charge is 0.159 e. The van der Waals surface area contributed by atoms with Gasteiger partial charge in [-0.25, -0.2) is 0 Å². The average Bonchev–Trinajstić information content (AvgIpc) is 2.90. The van der Waals surface area contributed by atoms with Crippen molar-refractivity contribution in [1.29, 1.82) is 0 Å². The number of aromatic nitrogens is 2. The standard InChI is InChI=1S/C14H16ClN3O/c1-19-10-7-6-9(8-10)16-14-12-5-3-2-4-11(12)13(15)17-18-14/h2-5,9-10H,6-8H2,1H3,(H,16,18). The first-order valence-corrected chi connectivity index (χ1v) is 6.86. The summed E-state index contributed by atoms with van der Waals surface area (Å²) >= 11 is 6.07. The van der Waals surface area contributed by atoms with Crippen molar-refractivity contribution in [3.05, 3.63) is 29.4 Å². The number of benzene rings is 1. The Hall–Kier alpha value is -1.39. The lowest BCUT2D eigenvalue weighted by Gasteiger charge is -2.15. The van der Waals surface area contributed by atoms with Crippen LogP contribution in [0.25, 0.3) is 10.8 Å². The molecule has 1 N–H and O–H groups in total. The maximum atomic E-state index is 6.07. The zero-order valence-corrected chi connectivity index (χ0v) is 11.5. The summed E-state index contributed by atoms with van der Waals surface area (Å²) in [6.07, 6.45) is 3.54. The molecule has 1 aliphatic rings. The van der Waals surface area contributed by atoms with Gasteiger partial charge in [0.25, 0.3) is 0 Å². The van der Waals surface area contributed by atoms with E-state index in [2.05, 4.69) is 15.5 Å². The summed E-state index contributed by atoms with van der Waals surface area (Å²) in [7, 11) is 1.77. The maximum absolute atomic E-state index is 6.07. The molecule has 1 aromatic carbocycles. The molecule has 0 radical (unpaired) electrons. The predicted molar refractivity (Wildman–Crippen MR) is 76.6 cm³/mol. The number of hydrogen-bond acceptors (Lipinski definition) is 4. The lowest BCUT2D eigenvalue weighted by atomic mass is 10.1. The monoisotopic (exact) mass is 277 g/mol. The van der Waals surface area contributed by atoms with Crippen LogP contribution in [0.4, 0.5) is 5.82 Å². The van der Waals surface area contributed by atoms with E-state index in [1.54, 1.807) is 7.11 Å². The van der Waals surface area contributed by atoms with Gasteiger partial charge >= 0.3 is 0 Å². The third-order valence-electron chi connectivity index (χ3n) is 3.70. The van der Waals surface area contributed by atoms with Crippen molar-refractivity contribution >= 4 is 28.2 Å². The van der Waals surface area contributed by atoms with Crippen LogP contribution in [0.1, 0.15) is 19.3 Å². The first-order valence-electron chi connectivity index (χ1n) is 6.48. The molecule has 5 heteroatoms. The van der Waals surface area contributed by atoms with Crippen molar-refractivity contribution in [1.82, 2.24) is 10.2 Å². The third-order valence-corrected chi connectivity index (χ3v) is 3.98. The van der Waals surface area contributed by atoms with E-state index >= 15 is 0 Å². The van der Waals surface area contributed by atoms with E-state index in [-0.39, 0.29) is 0 Å². The van der Waals surface area contributed by atoms with Gasteiger partial charge in [0.2, 0.25) is 0 Å². The van der Waals surface area contributed by atoms with E-state index in [4.69, 9.17) is 16.3 Å². The Balaban J connectivity index is 1.87. The third kappa shape index (κ3) is 2.51. The number of halogens is 1. The molecule has 1 heterocycles. The molecule has 1 aliphatic carbocycles. The highest BCUT2D eigenvalue weighted by Crippen LogP contribution is 2.29. The van der Waals surface area contributed by atoms with Crippen LogP contribution < -0.4 is 5.32 Å². The lowest BCUT2D eigenvalue weighted by Crippen LogP contribution is -2.18. The van der Waals surface area contributed by atoms with Crippen molar-refractivity contribution in [2.45, 2.75) is 31.4 Å². The number of hydrogen-bond donors (Lipinski definition) is 1. The van der Waals surface area contributed by atoms with E-state index < -0.39 is 0 Å². The molecule has 0 saturated heterocycles. The lowest BCUT2D eigenvalue weighted by molar-refractivity contribution is 0.108. The van der Waals surface area contributed by atoms with Crippen molar-refractivity contribution in [2.24, 2.45) is 0 Å². The van der Waals surface area contributed by atoms with Gasteiger partial charge in [-0.15, -0.1) is 10.2 Å². The molecule has 1 aromatic heterocycles. The summed E-state index contributed by atoms with van der Waals surface area (Å²) in [5, 5.41) is 14.1. The highest BCUT2D eigenvalue weighted by Gasteiger charge is 2.25. The Bertz CT molecular complexity index is 590. The van der Waals surface area contributed by atoms with E-state index in [0.29, 0.717) is 17.3 Å². The highest BCUT2D eigenvalue weighted by atomic mass is 35.5. The van der Waals surface area contributed by atoms with E-state index in [1.807, 2.05) is 24.3 Å². The van der Waals surface area contributed by atoms with Gasteiger partial charge in [0.05, 0.1) is 6.10 Å². The molecule has 1 saturated carbocycles. The first-order chi connectivity index (χ1) is 9.28. The molecule has 100 valence electrons. The molecule has 1 fully saturated rings. The highest BCUT2D eigenvalue weighted by molar-refractivity contribution is 6.34. The van der Waals surface area contributed by atoms with Crippen LogP contribution in [0.5, 0.6) is 0 Å². The summed E-state index contributed by atoms with van der Waals surface area (Å²) in [5.74, 6) is 0.807. The van der Waals surface area contributed by atoms with Gasteiger partial charge in [-0.1, -0.05) is 35.9 Å². The van der Waals surface area contributed by atoms with Crippen LogP contribution in [0, 0.1) is 0 Å². The van der Waals surface area contributed by atoms with Crippen LogP contribution >= 0.6 is 11.6 Å². The van der Waals surface area contributed by atoms with E-state index in [9.17, 15) is 0 Å². The van der Waals surface area contributed by atoms with Gasteiger partial charge < -0.3 is 10.1 Å². The number of nitrogens with zero attached hydrogens (tertiary/aromatic N) is 2. The maximum Gasteiger partial charge on any atom is 0.159 e. The van der Waals surface area contributed by atoms with Crippen molar-refractivity contribution < 1.29 is 4.74 Å². The molecule has 0 bridgehead atoms. The molecule has 0 aliphatic heterocycles. The van der Waals surface area contributed by atoms with E-state index in [0.717, 1.165) is 35.9 Å². The second-order valence-electron chi connectivity index (χ2n) is 4.90. The Morgan fingerprint density at radius 1 is 1.21 bits per heavy atom. The molecule has 2 aromatic rings. The Kier molecular flexibility index (Phi) is 3.53. The van der Waals surface area contributed by atoms with Gasteiger partial charge in [-0.05, 0) is 19.3 Å². The summed E-state index contributed by atoms with van der Waals surface area (Å²) in [6, 6.07) is 8.31. The fraction of sp³-hybridized carbons (Fsp3) is 0.429. The normalized spacial score (nSPS) is 22.8. The van der Waals surface area contributed by atoms with E-state index in [1.165, 1.54) is 0 Å². The zero-order chi connectivity index (χ0) is 13.2. The van der Waals surface area contributed by atoms with Gasteiger partial charge in [0.15, 0.2) is 11.0 Å². The zero-order valence-electron chi connectivity index (χ0n) is 10.8. The molecule has 19 heavy (non-hydrogen) atoms. The molecule has 0 amide bonds. The van der Waals surface area contributed by atoms with Crippen molar-refractivity contribution in [3.8, 4) is 0 Å². The van der Waals surface area contributed by atoms with Gasteiger partial charge in [0, 0.05) is 23.9 Å². The predicted octanol–water partition coefficient (Wildman–Crippen LogP) is 3.26. The van der Waals surface area contributed by atoms with Gasteiger partial charge in [0.1, 0.15) is 0 Å². The second kappa shape index (κ2) is 5.31. The largest absolute Gasteiger partial charge is 0.381 e. The van der Waals surface area contributed by atoms with Gasteiger partial charge in [-0.2, -0.15) is 0 Å². The summed E-state index contributed by atoms with van der Waals surface area (Å²) in [4.78, 5) is 0. The van der Waals surface area contributed by atoms with Crippen molar-refractivity contribution in [3.63, 3.8) is 0 Å². The summed E-state index contributed by atoms with van der Waals surface area (Å²) in [5.41, 5.74) is 0. The molecule has 0 spiro atoms. The number of anilines is 1. The Labute approximate surface area is 117 Å². The second-order valence-corrected chi connectivity index (χ2v) is 5.26. The van der Waals surface area contributed by atoms with Crippen LogP contribution in [-0.2, 0) is 4.74 Å². The average molecular weight is 278 g/mol. The number of methoxy groups -OCH3 is 1. The summed E-state index contributed by atoms with van der Waals surface area (Å²) < 4.78 is 5.39. The minimum absolute atomic E-state index is 0.351. The minimum Gasteiger partial charge on any atom is -0.381 e. The van der Waals surface area contributed by atoms with Crippen LogP contribution in [0.3, 0.4) is 0 Å². The number of nitrogens with one attached hydrogen (secondary N) is 1. The number of rotatable bonds is 3. The molecule has 3 rings (SSSR count). The Morgan fingerprint density at radius 2 is 2.00 bits per heavy atom. The Morgan fingerprint density at radius 3 is 2.74 bits per heavy atom. The van der Waals surface area contributed by atoms with Crippen LogP contribution in [0.2, 0.25) is 5.15 Å². The van der Waals surface area contributed by atoms with Crippen LogP contribution in [0.15, 0.2) is 24.3 Å². The van der Waals surface area contributed by atoms with Crippen LogP contribution in [-0.4, -0.2) is 29.5 Å². The molecular formula is C14H16ClN3O. The molecule has 4 nitrogen and oxygen atoms in total. The molecule has 2 atom stereocenters. The molecule has 2 unspecified atom stereocenters. The SMILES string of the molecule is COC1CCC(Nc2nnc(Cl)c3ccccc23)C1. The van der Waals surface area contributed by atoms with Gasteiger partial charge in [-0.3, -0.25) is 0 Å². The summed E-state index contributed by atoms with van der Waals surface area (Å²) in [6.45, 7) is 0. The van der Waals surface area contributed by atoms with Crippen molar-refractivity contribution in [2.75, 3.05) is 12.4 Å².